The maximum Gasteiger partial charge on any atom is 0.416 e. The second-order valence-electron chi connectivity index (χ2n) is 8.08. The van der Waals surface area contributed by atoms with Gasteiger partial charge >= 0.3 is 29.7 Å². The molecule has 0 spiro atoms. The van der Waals surface area contributed by atoms with Crippen LogP contribution < -0.4 is 40.8 Å². The minimum atomic E-state index is -1.76. The van der Waals surface area contributed by atoms with Crippen LogP contribution in [0.25, 0.3) is 5.69 Å². The molecule has 15 heteroatoms. The van der Waals surface area contributed by atoms with Crippen LogP contribution in [0.3, 0.4) is 0 Å². The minimum Gasteiger partial charge on any atom is -0.497 e. The van der Waals surface area contributed by atoms with Crippen molar-refractivity contribution in [3.8, 4) is 28.7 Å². The molecule has 3 N–H and O–H groups in total. The summed E-state index contributed by atoms with van der Waals surface area (Å²) < 4.78 is 21.9. The van der Waals surface area contributed by atoms with Crippen molar-refractivity contribution in [2.45, 2.75) is 20.8 Å². The number of hydrogen-bond donors (Lipinski definition) is 2. The summed E-state index contributed by atoms with van der Waals surface area (Å²) in [7, 11) is 2.55. The largest absolute Gasteiger partial charge is 0.497 e. The van der Waals surface area contributed by atoms with Crippen LogP contribution in [0.5, 0.6) is 23.0 Å². The van der Waals surface area contributed by atoms with Crippen molar-refractivity contribution in [1.29, 1.82) is 0 Å². The first-order chi connectivity index (χ1) is 18.8. The molecule has 0 fully saturated rings. The Morgan fingerprint density at radius 2 is 1.38 bits per heavy atom. The second-order valence-corrected chi connectivity index (χ2v) is 8.08. The zero-order valence-electron chi connectivity index (χ0n) is 21.9. The fourth-order valence-electron chi connectivity index (χ4n) is 3.64. The summed E-state index contributed by atoms with van der Waals surface area (Å²) >= 11 is 0. The smallest absolute Gasteiger partial charge is 0.416 e. The van der Waals surface area contributed by atoms with Crippen LogP contribution in [0, 0.1) is 0 Å². The van der Waals surface area contributed by atoms with Crippen molar-refractivity contribution in [2.24, 2.45) is 7.05 Å². The molecular formula is C25H24N4O11. The first kappa shape index (κ1) is 29.0. The monoisotopic (exact) mass is 556 g/mol. The van der Waals surface area contributed by atoms with Crippen LogP contribution in [-0.4, -0.2) is 45.4 Å². The molecule has 0 aliphatic rings. The van der Waals surface area contributed by atoms with Gasteiger partial charge in [0, 0.05) is 40.0 Å². The van der Waals surface area contributed by atoms with Crippen LogP contribution in [0.1, 0.15) is 20.8 Å². The lowest BCUT2D eigenvalue weighted by Gasteiger charge is -2.24. The van der Waals surface area contributed by atoms with Gasteiger partial charge in [-0.2, -0.15) is 0 Å². The molecular weight excluding hydrogens is 532 g/mol. The molecule has 0 radical (unpaired) electrons. The van der Waals surface area contributed by atoms with Crippen molar-refractivity contribution in [3.05, 3.63) is 57.2 Å². The van der Waals surface area contributed by atoms with Gasteiger partial charge in [-0.25, -0.2) is 19.1 Å². The zero-order valence-corrected chi connectivity index (χ0v) is 21.9. The summed E-state index contributed by atoms with van der Waals surface area (Å²) in [4.78, 5) is 74.5. The highest BCUT2D eigenvalue weighted by atomic mass is 16.6. The van der Waals surface area contributed by atoms with Gasteiger partial charge in [0.1, 0.15) is 11.6 Å². The standard InChI is InChI=1S/C25H24N4O11/c1-12(30)38-18-10-16(11-19(39-13(2)31)21(18)40-14(3)32)28(25(35)36)20-22(26)29(24(34)27(4)23(20)33)15-6-8-17(37-5)9-7-15/h6-11H,26H2,1-5H3,(H,35,36). The number of nitrogen functional groups attached to an aromatic ring is 1. The van der Waals surface area contributed by atoms with Crippen LogP contribution in [0.15, 0.2) is 46.0 Å². The van der Waals surface area contributed by atoms with Gasteiger partial charge in [-0.15, -0.1) is 0 Å². The highest BCUT2D eigenvalue weighted by molar-refractivity contribution is 5.98. The van der Waals surface area contributed by atoms with Crippen molar-refractivity contribution in [3.63, 3.8) is 0 Å². The summed E-state index contributed by atoms with van der Waals surface area (Å²) in [5, 5.41) is 10.2. The lowest BCUT2D eigenvalue weighted by Crippen LogP contribution is -2.43. The number of methoxy groups -OCH3 is 1. The minimum absolute atomic E-state index is 0.178. The number of amides is 1. The number of nitrogens with zero attached hydrogens (tertiary/aromatic N) is 3. The highest BCUT2D eigenvalue weighted by Crippen LogP contribution is 2.44. The fraction of sp³-hybridized carbons (Fsp3) is 0.200. The van der Waals surface area contributed by atoms with Crippen LogP contribution >= 0.6 is 0 Å². The Morgan fingerprint density at radius 3 is 1.80 bits per heavy atom. The van der Waals surface area contributed by atoms with Gasteiger partial charge in [0.25, 0.3) is 5.56 Å². The van der Waals surface area contributed by atoms with E-state index in [0.717, 1.165) is 44.5 Å². The van der Waals surface area contributed by atoms with Gasteiger partial charge in [-0.1, -0.05) is 0 Å². The number of nitrogens with two attached hydrogens (primary N) is 1. The maximum atomic E-state index is 13.3. The summed E-state index contributed by atoms with van der Waals surface area (Å²) in [6.45, 7) is 3.06. The Morgan fingerprint density at radius 1 is 0.875 bits per heavy atom. The van der Waals surface area contributed by atoms with E-state index >= 15 is 0 Å². The molecule has 1 amide bonds. The average Bonchev–Trinajstić information content (AvgIpc) is 2.86. The van der Waals surface area contributed by atoms with E-state index in [1.54, 1.807) is 0 Å². The molecule has 0 unspecified atom stereocenters. The lowest BCUT2D eigenvalue weighted by atomic mass is 10.2. The number of anilines is 3. The third-order valence-corrected chi connectivity index (χ3v) is 5.23. The molecule has 0 saturated heterocycles. The summed E-state index contributed by atoms with van der Waals surface area (Å²) in [5.74, 6) is -4.31. The van der Waals surface area contributed by atoms with E-state index in [9.17, 15) is 33.9 Å². The third kappa shape index (κ3) is 5.77. The van der Waals surface area contributed by atoms with Crippen LogP contribution in [0.2, 0.25) is 0 Å². The number of hydrogen-bond acceptors (Lipinski definition) is 11. The van der Waals surface area contributed by atoms with Gasteiger partial charge in [0.05, 0.1) is 18.5 Å². The van der Waals surface area contributed by atoms with Crippen molar-refractivity contribution in [1.82, 2.24) is 9.13 Å². The Labute approximate surface area is 225 Å². The second kappa shape index (κ2) is 11.4. The molecule has 1 aromatic heterocycles. The lowest BCUT2D eigenvalue weighted by molar-refractivity contribution is -0.135. The number of carbonyl (C=O) groups excluding carboxylic acids is 3. The van der Waals surface area contributed by atoms with Gasteiger partial charge in [0.15, 0.2) is 17.2 Å². The number of rotatable bonds is 7. The highest BCUT2D eigenvalue weighted by Gasteiger charge is 2.30. The Hall–Kier alpha value is -5.60. The predicted molar refractivity (Wildman–Crippen MR) is 139 cm³/mol. The Balaban J connectivity index is 2.40. The molecule has 40 heavy (non-hydrogen) atoms. The molecule has 0 aliphatic carbocycles. The van der Waals surface area contributed by atoms with Gasteiger partial charge in [-0.05, 0) is 24.3 Å². The molecule has 2 aromatic carbocycles. The average molecular weight is 556 g/mol. The van der Waals surface area contributed by atoms with E-state index in [1.165, 1.54) is 31.4 Å². The SMILES string of the molecule is COc1ccc(-n2c(N)c(N(C(=O)O)c3cc(OC(C)=O)c(OC(C)=O)c(OC(C)=O)c3)c(=O)n(C)c2=O)cc1. The zero-order chi connectivity index (χ0) is 29.9. The van der Waals surface area contributed by atoms with E-state index in [1.807, 2.05) is 0 Å². The number of carboxylic acid groups (broad SMARTS) is 1. The van der Waals surface area contributed by atoms with E-state index in [0.29, 0.717) is 15.2 Å². The Bertz CT molecular complexity index is 1600. The van der Waals surface area contributed by atoms with E-state index < -0.39 is 69.7 Å². The number of ether oxygens (including phenoxy) is 4. The molecule has 0 atom stereocenters. The van der Waals surface area contributed by atoms with Gasteiger partial charge in [-0.3, -0.25) is 23.7 Å². The van der Waals surface area contributed by atoms with E-state index in [4.69, 9.17) is 24.7 Å². The topological polar surface area (TPSA) is 199 Å². The number of carbonyl (C=O) groups is 4. The third-order valence-electron chi connectivity index (χ3n) is 5.23. The van der Waals surface area contributed by atoms with Crippen molar-refractivity contribution >= 4 is 41.2 Å². The first-order valence-electron chi connectivity index (χ1n) is 11.3. The van der Waals surface area contributed by atoms with Crippen LogP contribution in [-0.2, 0) is 21.4 Å². The predicted octanol–water partition coefficient (Wildman–Crippen LogP) is 1.72. The summed E-state index contributed by atoms with van der Waals surface area (Å²) in [6.07, 6.45) is -1.76. The molecule has 0 saturated carbocycles. The molecule has 0 bridgehead atoms. The number of esters is 3. The first-order valence-corrected chi connectivity index (χ1v) is 11.3. The fourth-order valence-corrected chi connectivity index (χ4v) is 3.64. The van der Waals surface area contributed by atoms with Crippen molar-refractivity contribution < 1.29 is 43.2 Å². The Kier molecular flexibility index (Phi) is 8.27. The van der Waals surface area contributed by atoms with E-state index in [2.05, 4.69) is 0 Å². The molecule has 3 rings (SSSR count). The van der Waals surface area contributed by atoms with E-state index in [-0.39, 0.29) is 5.69 Å². The summed E-state index contributed by atoms with van der Waals surface area (Å²) in [6, 6.07) is 7.85. The summed E-state index contributed by atoms with van der Waals surface area (Å²) in [5.41, 5.74) is 3.34. The van der Waals surface area contributed by atoms with Crippen molar-refractivity contribution in [2.75, 3.05) is 17.7 Å². The van der Waals surface area contributed by atoms with Crippen LogP contribution in [0.4, 0.5) is 22.0 Å². The van der Waals surface area contributed by atoms with Gasteiger partial charge < -0.3 is 29.8 Å². The number of benzene rings is 2. The quantitative estimate of drug-likeness (QED) is 0.316. The normalized spacial score (nSPS) is 10.4. The van der Waals surface area contributed by atoms with Gasteiger partial charge in [0.2, 0.25) is 5.75 Å². The molecule has 3 aromatic rings. The molecule has 1 heterocycles. The maximum absolute atomic E-state index is 13.3. The molecule has 15 nitrogen and oxygen atoms in total. The number of aromatic nitrogens is 2. The molecule has 210 valence electrons. The molecule has 0 aliphatic heterocycles.